The van der Waals surface area contributed by atoms with Gasteiger partial charge < -0.3 is 14.4 Å². The van der Waals surface area contributed by atoms with Crippen LogP contribution >= 0.6 is 0 Å². The molecule has 0 N–H and O–H groups in total. The number of hydrogen-bond acceptors (Lipinski definition) is 3. The molecule has 1 amide bonds. The summed E-state index contributed by atoms with van der Waals surface area (Å²) in [7, 11) is 1.88. The molecule has 0 spiro atoms. The summed E-state index contributed by atoms with van der Waals surface area (Å²) in [5.41, 5.74) is 1.85. The summed E-state index contributed by atoms with van der Waals surface area (Å²) < 4.78 is 10.8. The third kappa shape index (κ3) is 2.42. The van der Waals surface area contributed by atoms with Crippen molar-refractivity contribution >= 4 is 5.91 Å². The van der Waals surface area contributed by atoms with E-state index in [1.54, 1.807) is 0 Å². The first kappa shape index (κ1) is 15.1. The fourth-order valence-electron chi connectivity index (χ4n) is 3.66. The van der Waals surface area contributed by atoms with E-state index in [-0.39, 0.29) is 18.1 Å². The predicted octanol–water partition coefficient (Wildman–Crippen LogP) is 3.50. The summed E-state index contributed by atoms with van der Waals surface area (Å²) in [6, 6.07) is 16.0. The van der Waals surface area contributed by atoms with Gasteiger partial charge in [0.05, 0.1) is 5.41 Å². The van der Waals surface area contributed by atoms with Crippen molar-refractivity contribution in [3.8, 4) is 11.5 Å². The number of nitrogens with zero attached hydrogens (tertiary/aromatic N) is 1. The van der Waals surface area contributed by atoms with Crippen molar-refractivity contribution in [2.24, 2.45) is 0 Å². The lowest BCUT2D eigenvalue weighted by Crippen LogP contribution is -2.49. The molecular weight excluding hydrogens is 302 g/mol. The molecule has 4 rings (SSSR count). The van der Waals surface area contributed by atoms with Gasteiger partial charge in [-0.3, -0.25) is 4.79 Å². The third-order valence-corrected chi connectivity index (χ3v) is 5.15. The molecule has 1 heterocycles. The molecule has 2 aromatic carbocycles. The molecule has 1 aliphatic carbocycles. The third-order valence-electron chi connectivity index (χ3n) is 5.15. The summed E-state index contributed by atoms with van der Waals surface area (Å²) in [6.07, 6.45) is 2.97. The van der Waals surface area contributed by atoms with Crippen molar-refractivity contribution in [2.45, 2.75) is 31.2 Å². The molecule has 1 aliphatic heterocycles. The van der Waals surface area contributed by atoms with Gasteiger partial charge >= 0.3 is 0 Å². The maximum absolute atomic E-state index is 13.2. The van der Waals surface area contributed by atoms with E-state index in [0.29, 0.717) is 6.54 Å². The molecule has 0 saturated heterocycles. The maximum Gasteiger partial charge on any atom is 0.233 e. The van der Waals surface area contributed by atoms with Crippen molar-refractivity contribution < 1.29 is 14.3 Å². The van der Waals surface area contributed by atoms with E-state index in [4.69, 9.17) is 9.47 Å². The highest BCUT2D eigenvalue weighted by atomic mass is 16.7. The van der Waals surface area contributed by atoms with Crippen LogP contribution in [0.5, 0.6) is 11.5 Å². The minimum Gasteiger partial charge on any atom is -0.454 e. The van der Waals surface area contributed by atoms with Gasteiger partial charge in [0.2, 0.25) is 12.7 Å². The average Bonchev–Trinajstić information content (AvgIpc) is 3.02. The molecule has 0 aromatic heterocycles. The van der Waals surface area contributed by atoms with Crippen LogP contribution < -0.4 is 9.47 Å². The van der Waals surface area contributed by atoms with Gasteiger partial charge in [-0.2, -0.15) is 0 Å². The molecular formula is C20H21NO3. The highest BCUT2D eigenvalue weighted by Crippen LogP contribution is 2.45. The van der Waals surface area contributed by atoms with Gasteiger partial charge in [-0.1, -0.05) is 42.8 Å². The highest BCUT2D eigenvalue weighted by molar-refractivity contribution is 5.89. The Hall–Kier alpha value is -2.49. The summed E-state index contributed by atoms with van der Waals surface area (Å²) in [6.45, 7) is 0.842. The van der Waals surface area contributed by atoms with Crippen molar-refractivity contribution in [3.63, 3.8) is 0 Å². The molecule has 4 nitrogen and oxygen atoms in total. The van der Waals surface area contributed by atoms with Crippen LogP contribution in [0.2, 0.25) is 0 Å². The lowest BCUT2D eigenvalue weighted by molar-refractivity contribution is -0.140. The lowest BCUT2D eigenvalue weighted by atomic mass is 9.63. The average molecular weight is 323 g/mol. The SMILES string of the molecule is CN(Cc1ccc2c(c1)OCO2)C(=O)C1(c2ccccc2)CCC1. The number of carbonyl (C=O) groups excluding carboxylic acids is 1. The zero-order chi connectivity index (χ0) is 16.6. The van der Waals surface area contributed by atoms with Crippen LogP contribution in [0.3, 0.4) is 0 Å². The van der Waals surface area contributed by atoms with Crippen molar-refractivity contribution in [1.82, 2.24) is 4.90 Å². The number of ether oxygens (including phenoxy) is 2. The second kappa shape index (κ2) is 5.86. The van der Waals surface area contributed by atoms with Crippen LogP contribution in [-0.4, -0.2) is 24.6 Å². The van der Waals surface area contributed by atoms with E-state index in [9.17, 15) is 4.79 Å². The van der Waals surface area contributed by atoms with E-state index < -0.39 is 0 Å². The first-order valence-corrected chi connectivity index (χ1v) is 8.39. The molecule has 0 bridgehead atoms. The van der Waals surface area contributed by atoms with Gasteiger partial charge in [0.15, 0.2) is 11.5 Å². The molecule has 0 radical (unpaired) electrons. The minimum absolute atomic E-state index is 0.206. The first-order chi connectivity index (χ1) is 11.7. The van der Waals surface area contributed by atoms with Gasteiger partial charge in [0, 0.05) is 13.6 Å². The molecule has 0 unspecified atom stereocenters. The fourth-order valence-corrected chi connectivity index (χ4v) is 3.66. The number of carbonyl (C=O) groups is 1. The zero-order valence-electron chi connectivity index (χ0n) is 13.8. The summed E-state index contributed by atoms with van der Waals surface area (Å²) >= 11 is 0. The molecule has 2 aliphatic rings. The zero-order valence-corrected chi connectivity index (χ0v) is 13.8. The highest BCUT2D eigenvalue weighted by Gasteiger charge is 2.46. The Labute approximate surface area is 142 Å². The number of hydrogen-bond donors (Lipinski definition) is 0. The van der Waals surface area contributed by atoms with Gasteiger partial charge in [-0.05, 0) is 36.1 Å². The first-order valence-electron chi connectivity index (χ1n) is 8.39. The molecule has 2 aromatic rings. The van der Waals surface area contributed by atoms with E-state index in [1.165, 1.54) is 0 Å². The molecule has 1 saturated carbocycles. The van der Waals surface area contributed by atoms with E-state index in [1.807, 2.05) is 48.3 Å². The largest absolute Gasteiger partial charge is 0.454 e. The Morgan fingerprint density at radius 3 is 2.54 bits per heavy atom. The van der Waals surface area contributed by atoms with Crippen molar-refractivity contribution in [1.29, 1.82) is 0 Å². The summed E-state index contributed by atoms with van der Waals surface area (Å²) in [5, 5.41) is 0. The monoisotopic (exact) mass is 323 g/mol. The van der Waals surface area contributed by atoms with Crippen LogP contribution in [0, 0.1) is 0 Å². The standard InChI is InChI=1S/C20H21NO3/c1-21(13-15-8-9-17-18(12-15)24-14-23-17)19(22)20(10-5-11-20)16-6-3-2-4-7-16/h2-4,6-9,12H,5,10-11,13-14H2,1H3. The Balaban J connectivity index is 1.53. The molecule has 0 atom stereocenters. The Kier molecular flexibility index (Phi) is 3.68. The number of benzene rings is 2. The number of rotatable bonds is 4. The fraction of sp³-hybridized carbons (Fsp3) is 0.350. The van der Waals surface area contributed by atoms with Gasteiger partial charge in [-0.25, -0.2) is 0 Å². The normalized spacial score (nSPS) is 17.2. The molecule has 1 fully saturated rings. The Morgan fingerprint density at radius 2 is 1.83 bits per heavy atom. The maximum atomic E-state index is 13.2. The minimum atomic E-state index is -0.341. The summed E-state index contributed by atoms with van der Waals surface area (Å²) in [5.74, 6) is 1.74. The number of fused-ring (bicyclic) bond motifs is 1. The topological polar surface area (TPSA) is 38.8 Å². The van der Waals surface area contributed by atoms with Gasteiger partial charge in [0.1, 0.15) is 0 Å². The van der Waals surface area contributed by atoms with E-state index in [2.05, 4.69) is 12.1 Å². The molecule has 124 valence electrons. The van der Waals surface area contributed by atoms with E-state index in [0.717, 1.165) is 41.9 Å². The van der Waals surface area contributed by atoms with Crippen LogP contribution in [0.4, 0.5) is 0 Å². The van der Waals surface area contributed by atoms with Crippen molar-refractivity contribution in [3.05, 3.63) is 59.7 Å². The van der Waals surface area contributed by atoms with Crippen LogP contribution in [-0.2, 0) is 16.8 Å². The van der Waals surface area contributed by atoms with Crippen LogP contribution in [0.15, 0.2) is 48.5 Å². The smallest absolute Gasteiger partial charge is 0.233 e. The summed E-state index contributed by atoms with van der Waals surface area (Å²) in [4.78, 5) is 15.0. The lowest BCUT2D eigenvalue weighted by Gasteiger charge is -2.43. The number of amides is 1. The van der Waals surface area contributed by atoms with Crippen LogP contribution in [0.25, 0.3) is 0 Å². The van der Waals surface area contributed by atoms with Gasteiger partial charge in [-0.15, -0.1) is 0 Å². The second-order valence-electron chi connectivity index (χ2n) is 6.65. The predicted molar refractivity (Wildman–Crippen MR) is 91.0 cm³/mol. The second-order valence-corrected chi connectivity index (χ2v) is 6.65. The van der Waals surface area contributed by atoms with Gasteiger partial charge in [0.25, 0.3) is 0 Å². The van der Waals surface area contributed by atoms with E-state index >= 15 is 0 Å². The molecule has 24 heavy (non-hydrogen) atoms. The number of likely N-dealkylation sites (N-methyl/N-ethyl adjacent to an activating group) is 1. The van der Waals surface area contributed by atoms with Crippen LogP contribution in [0.1, 0.15) is 30.4 Å². The quantitative estimate of drug-likeness (QED) is 0.864. The molecule has 4 heteroatoms. The Morgan fingerprint density at radius 1 is 1.08 bits per heavy atom. The van der Waals surface area contributed by atoms with Crippen molar-refractivity contribution in [2.75, 3.05) is 13.8 Å². The Bertz CT molecular complexity index is 753.